The smallest absolute Gasteiger partial charge is 0.251 e. The van der Waals surface area contributed by atoms with Crippen molar-refractivity contribution in [2.75, 3.05) is 45.7 Å². The van der Waals surface area contributed by atoms with Gasteiger partial charge < -0.3 is 15.0 Å². The predicted octanol–water partition coefficient (Wildman–Crippen LogP) is 3.77. The monoisotopic (exact) mass is 473 g/mol. The lowest BCUT2D eigenvalue weighted by atomic mass is 9.74. The van der Waals surface area contributed by atoms with Crippen molar-refractivity contribution >= 4 is 11.6 Å². The zero-order valence-corrected chi connectivity index (χ0v) is 21.1. The summed E-state index contributed by atoms with van der Waals surface area (Å²) in [4.78, 5) is 17.3. The Hall–Kier alpha value is -3.32. The highest BCUT2D eigenvalue weighted by molar-refractivity contribution is 5.94. The molecule has 2 bridgehead atoms. The van der Waals surface area contributed by atoms with Crippen LogP contribution in [0.5, 0.6) is 5.75 Å². The molecule has 1 unspecified atom stereocenters. The molecule has 1 aromatic heterocycles. The third-order valence-corrected chi connectivity index (χ3v) is 7.70. The van der Waals surface area contributed by atoms with E-state index in [2.05, 4.69) is 22.3 Å². The second kappa shape index (κ2) is 9.74. The molecule has 184 valence electrons. The van der Waals surface area contributed by atoms with Gasteiger partial charge in [-0.1, -0.05) is 12.1 Å². The lowest BCUT2D eigenvalue weighted by molar-refractivity contribution is 0.0280. The standard InChI is InChI=1S/C28H35N5O2/c1-31(2)21-11-9-19(10-12-21)28(34)29-17-22-15-20-13-14-33(22)18-24(20)26-16-25(30-32(26)3)23-7-5-6-8-27(23)35-4/h5-12,16,20,22,24H,13-15,17-18H2,1-4H3,(H,29,34)/t20-,22+,24-/m0/s1. The highest BCUT2D eigenvalue weighted by atomic mass is 16.5. The van der Waals surface area contributed by atoms with Crippen LogP contribution >= 0.6 is 0 Å². The fourth-order valence-corrected chi connectivity index (χ4v) is 5.73. The van der Waals surface area contributed by atoms with Gasteiger partial charge in [-0.2, -0.15) is 5.10 Å². The summed E-state index contributed by atoms with van der Waals surface area (Å²) >= 11 is 0. The molecule has 0 radical (unpaired) electrons. The van der Waals surface area contributed by atoms with Crippen molar-refractivity contribution < 1.29 is 9.53 Å². The van der Waals surface area contributed by atoms with E-state index in [0.717, 1.165) is 42.2 Å². The van der Waals surface area contributed by atoms with E-state index in [-0.39, 0.29) is 5.91 Å². The summed E-state index contributed by atoms with van der Waals surface area (Å²) in [7, 11) is 7.75. The van der Waals surface area contributed by atoms with Crippen LogP contribution in [0, 0.1) is 5.92 Å². The van der Waals surface area contributed by atoms with Gasteiger partial charge in [-0.15, -0.1) is 0 Å². The van der Waals surface area contributed by atoms with Gasteiger partial charge in [0.05, 0.1) is 12.8 Å². The van der Waals surface area contributed by atoms with Crippen LogP contribution in [-0.2, 0) is 7.05 Å². The minimum atomic E-state index is 0.00240. The van der Waals surface area contributed by atoms with Gasteiger partial charge in [-0.25, -0.2) is 0 Å². The molecule has 0 saturated carbocycles. The number of carbonyl (C=O) groups is 1. The number of nitrogens with zero attached hydrogens (tertiary/aromatic N) is 4. The first kappa shape index (κ1) is 23.4. The van der Waals surface area contributed by atoms with Gasteiger partial charge in [0.15, 0.2) is 0 Å². The lowest BCUT2D eigenvalue weighted by Crippen LogP contribution is -2.56. The zero-order valence-electron chi connectivity index (χ0n) is 21.1. The molecule has 3 aliphatic rings. The van der Waals surface area contributed by atoms with Crippen molar-refractivity contribution in [1.29, 1.82) is 0 Å². The fourth-order valence-electron chi connectivity index (χ4n) is 5.73. The van der Waals surface area contributed by atoms with E-state index in [4.69, 9.17) is 9.84 Å². The number of aromatic nitrogens is 2. The van der Waals surface area contributed by atoms with Crippen LogP contribution in [0.15, 0.2) is 54.6 Å². The summed E-state index contributed by atoms with van der Waals surface area (Å²) in [5, 5.41) is 8.02. The summed E-state index contributed by atoms with van der Waals surface area (Å²) in [6.07, 6.45) is 2.29. The average Bonchev–Trinajstić information content (AvgIpc) is 3.28. The van der Waals surface area contributed by atoms with Gasteiger partial charge in [0.25, 0.3) is 5.91 Å². The number of carbonyl (C=O) groups excluding carboxylic acids is 1. The number of benzene rings is 2. The Balaban J connectivity index is 1.24. The molecule has 0 aliphatic carbocycles. The number of methoxy groups -OCH3 is 1. The van der Waals surface area contributed by atoms with Crippen LogP contribution in [0.1, 0.15) is 34.8 Å². The normalized spacial score (nSPS) is 23.2. The Labute approximate surface area is 207 Å². The van der Waals surface area contributed by atoms with Crippen LogP contribution in [-0.4, -0.2) is 67.5 Å². The van der Waals surface area contributed by atoms with Crippen molar-refractivity contribution in [3.05, 3.63) is 65.9 Å². The van der Waals surface area contributed by atoms with Crippen LogP contribution in [0.3, 0.4) is 0 Å². The van der Waals surface area contributed by atoms with Crippen molar-refractivity contribution in [2.45, 2.75) is 24.8 Å². The molecule has 3 fully saturated rings. The number of hydrogen-bond acceptors (Lipinski definition) is 5. The first-order valence-electron chi connectivity index (χ1n) is 12.4. The van der Waals surface area contributed by atoms with Crippen LogP contribution in [0.25, 0.3) is 11.3 Å². The summed E-state index contributed by atoms with van der Waals surface area (Å²) in [5.74, 6) is 1.90. The number of nitrogens with one attached hydrogen (secondary N) is 1. The molecule has 6 rings (SSSR count). The summed E-state index contributed by atoms with van der Waals surface area (Å²) in [6.45, 7) is 2.79. The lowest BCUT2D eigenvalue weighted by Gasteiger charge is -2.50. The highest BCUT2D eigenvalue weighted by Gasteiger charge is 2.42. The summed E-state index contributed by atoms with van der Waals surface area (Å²) in [6, 6.07) is 18.4. The second-order valence-electron chi connectivity index (χ2n) is 9.97. The van der Waals surface area contributed by atoms with E-state index in [9.17, 15) is 4.79 Å². The minimum absolute atomic E-state index is 0.00240. The fraction of sp³-hybridized carbons (Fsp3) is 0.429. The number of rotatable bonds is 7. The topological polar surface area (TPSA) is 62.6 Å². The molecule has 3 aromatic rings. The molecule has 2 aromatic carbocycles. The number of anilines is 1. The molecule has 4 heterocycles. The molecule has 4 atom stereocenters. The quantitative estimate of drug-likeness (QED) is 0.566. The van der Waals surface area contributed by atoms with Crippen molar-refractivity contribution in [3.63, 3.8) is 0 Å². The summed E-state index contributed by atoms with van der Waals surface area (Å²) in [5.41, 5.74) is 5.07. The first-order chi connectivity index (χ1) is 16.9. The third kappa shape index (κ3) is 4.65. The largest absolute Gasteiger partial charge is 0.496 e. The molecule has 1 amide bonds. The minimum Gasteiger partial charge on any atom is -0.496 e. The molecule has 0 spiro atoms. The van der Waals surface area contributed by atoms with Crippen LogP contribution < -0.4 is 15.0 Å². The van der Waals surface area contributed by atoms with Crippen molar-refractivity contribution in [1.82, 2.24) is 20.0 Å². The zero-order chi connectivity index (χ0) is 24.5. The van der Waals surface area contributed by atoms with E-state index < -0.39 is 0 Å². The maximum absolute atomic E-state index is 12.7. The molecule has 7 nitrogen and oxygen atoms in total. The number of amides is 1. The number of para-hydroxylation sites is 1. The Morgan fingerprint density at radius 2 is 1.94 bits per heavy atom. The van der Waals surface area contributed by atoms with Crippen LogP contribution in [0.2, 0.25) is 0 Å². The summed E-state index contributed by atoms with van der Waals surface area (Å²) < 4.78 is 7.60. The number of aryl methyl sites for hydroxylation is 1. The molecule has 35 heavy (non-hydrogen) atoms. The SMILES string of the molecule is COc1ccccc1-c1cc([C@H]2CN3CC[C@H]2C[C@@H]3CNC(=O)c2ccc(N(C)C)cc2)n(C)n1. The van der Waals surface area contributed by atoms with Gasteiger partial charge in [-0.05, 0) is 67.8 Å². The number of fused-ring (bicyclic) bond motifs is 3. The maximum Gasteiger partial charge on any atom is 0.251 e. The van der Waals surface area contributed by atoms with Gasteiger partial charge in [0, 0.05) is 68.7 Å². The Bertz CT molecular complexity index is 1190. The number of piperidine rings is 3. The highest BCUT2D eigenvalue weighted by Crippen LogP contribution is 2.42. The molecule has 7 heteroatoms. The van der Waals surface area contributed by atoms with Crippen LogP contribution in [0.4, 0.5) is 5.69 Å². The van der Waals surface area contributed by atoms with E-state index in [1.165, 1.54) is 12.1 Å². The second-order valence-corrected chi connectivity index (χ2v) is 9.97. The first-order valence-corrected chi connectivity index (χ1v) is 12.4. The molecular formula is C28H35N5O2. The average molecular weight is 474 g/mol. The van der Waals surface area contributed by atoms with Gasteiger partial charge in [0.2, 0.25) is 0 Å². The van der Waals surface area contributed by atoms with E-state index in [0.29, 0.717) is 30.0 Å². The Morgan fingerprint density at radius 1 is 1.17 bits per heavy atom. The number of hydrogen-bond donors (Lipinski definition) is 1. The predicted molar refractivity (Wildman–Crippen MR) is 139 cm³/mol. The van der Waals surface area contributed by atoms with E-state index in [1.807, 2.05) is 73.2 Å². The van der Waals surface area contributed by atoms with E-state index in [1.54, 1.807) is 7.11 Å². The van der Waals surface area contributed by atoms with Crippen molar-refractivity contribution in [2.24, 2.45) is 13.0 Å². The molecule has 1 N–H and O–H groups in total. The maximum atomic E-state index is 12.7. The molecule has 3 saturated heterocycles. The third-order valence-electron chi connectivity index (χ3n) is 7.70. The van der Waals surface area contributed by atoms with Crippen molar-refractivity contribution in [3.8, 4) is 17.0 Å². The Kier molecular flexibility index (Phi) is 6.52. The van der Waals surface area contributed by atoms with Gasteiger partial charge in [-0.3, -0.25) is 14.4 Å². The van der Waals surface area contributed by atoms with Gasteiger partial charge in [0.1, 0.15) is 5.75 Å². The number of ether oxygens (including phenoxy) is 1. The van der Waals surface area contributed by atoms with E-state index >= 15 is 0 Å². The van der Waals surface area contributed by atoms with Gasteiger partial charge >= 0.3 is 0 Å². The Morgan fingerprint density at radius 3 is 2.63 bits per heavy atom. The molecule has 3 aliphatic heterocycles. The molecular weight excluding hydrogens is 438 g/mol.